The van der Waals surface area contributed by atoms with Crippen LogP contribution in [-0.4, -0.2) is 0 Å². The molecule has 0 radical (unpaired) electrons. The third-order valence-corrected chi connectivity index (χ3v) is 3.88. The summed E-state index contributed by atoms with van der Waals surface area (Å²) in [6.07, 6.45) is 0.952. The summed E-state index contributed by atoms with van der Waals surface area (Å²) in [5, 5.41) is 2.64. The van der Waals surface area contributed by atoms with E-state index >= 15 is 0 Å². The molecule has 0 fully saturated rings. The lowest BCUT2D eigenvalue weighted by Gasteiger charge is -2.22. The van der Waals surface area contributed by atoms with Crippen molar-refractivity contribution < 1.29 is 4.74 Å². The highest BCUT2D eigenvalue weighted by atomic mass is 16.5. The smallest absolute Gasteiger partial charge is 0.131 e. The van der Waals surface area contributed by atoms with E-state index < -0.39 is 0 Å². The van der Waals surface area contributed by atoms with E-state index in [0.29, 0.717) is 0 Å². The molecular formula is C18H14O. The number of benzene rings is 3. The van der Waals surface area contributed by atoms with Crippen molar-refractivity contribution in [3.8, 4) is 11.5 Å². The average Bonchev–Trinajstić information content (AvgIpc) is 2.45. The quantitative estimate of drug-likeness (QED) is 0.431. The minimum absolute atomic E-state index is 0.952. The van der Waals surface area contributed by atoms with Crippen molar-refractivity contribution >= 4 is 10.8 Å². The fourth-order valence-electron chi connectivity index (χ4n) is 2.96. The highest BCUT2D eigenvalue weighted by Crippen LogP contribution is 2.40. The normalized spacial score (nSPS) is 12.7. The zero-order valence-electron chi connectivity index (χ0n) is 10.8. The summed E-state index contributed by atoms with van der Waals surface area (Å²) in [5.74, 6) is 1.99. The van der Waals surface area contributed by atoms with E-state index in [1.54, 1.807) is 0 Å². The molecule has 1 aliphatic rings. The predicted octanol–water partition coefficient (Wildman–Crippen LogP) is 4.84. The zero-order chi connectivity index (χ0) is 12.8. The Labute approximate surface area is 112 Å². The predicted molar refractivity (Wildman–Crippen MR) is 78.0 cm³/mol. The fourth-order valence-corrected chi connectivity index (χ4v) is 2.96. The molecule has 92 valence electrons. The third kappa shape index (κ3) is 1.55. The standard InChI is InChI=1S/C18H14O/c1-12-5-4-7-13-9-10-17-15(18(12)13)11-14-6-2-3-8-16(14)19-17/h2-10H,11H2,1H3. The van der Waals surface area contributed by atoms with Crippen LogP contribution in [0.25, 0.3) is 10.8 Å². The Hall–Kier alpha value is -2.28. The maximum atomic E-state index is 6.04. The molecular weight excluding hydrogens is 232 g/mol. The maximum Gasteiger partial charge on any atom is 0.131 e. The number of fused-ring (bicyclic) bond motifs is 4. The third-order valence-electron chi connectivity index (χ3n) is 3.88. The highest BCUT2D eigenvalue weighted by Gasteiger charge is 2.19. The van der Waals surface area contributed by atoms with Crippen molar-refractivity contribution in [3.05, 3.63) is 71.3 Å². The van der Waals surface area contributed by atoms with Crippen LogP contribution in [0.5, 0.6) is 11.5 Å². The molecule has 1 nitrogen and oxygen atoms in total. The van der Waals surface area contributed by atoms with Crippen LogP contribution in [0.1, 0.15) is 16.7 Å². The molecule has 1 heteroatoms. The molecule has 3 aromatic rings. The summed E-state index contributed by atoms with van der Waals surface area (Å²) in [4.78, 5) is 0. The van der Waals surface area contributed by atoms with Gasteiger partial charge in [-0.2, -0.15) is 0 Å². The molecule has 0 aliphatic carbocycles. The second-order valence-electron chi connectivity index (χ2n) is 5.10. The Morgan fingerprint density at radius 3 is 2.68 bits per heavy atom. The summed E-state index contributed by atoms with van der Waals surface area (Å²) in [5.41, 5.74) is 3.90. The fraction of sp³-hybridized carbons (Fsp3) is 0.111. The minimum atomic E-state index is 0.952. The molecule has 1 aliphatic heterocycles. The van der Waals surface area contributed by atoms with E-state index in [2.05, 4.69) is 49.4 Å². The second-order valence-corrected chi connectivity index (χ2v) is 5.10. The summed E-state index contributed by atoms with van der Waals surface area (Å²) < 4.78 is 6.04. The molecule has 0 saturated carbocycles. The van der Waals surface area contributed by atoms with Crippen molar-refractivity contribution in [1.29, 1.82) is 0 Å². The second kappa shape index (κ2) is 3.86. The van der Waals surface area contributed by atoms with Gasteiger partial charge in [-0.15, -0.1) is 0 Å². The van der Waals surface area contributed by atoms with Crippen LogP contribution < -0.4 is 4.74 Å². The van der Waals surface area contributed by atoms with Crippen LogP contribution in [0.3, 0.4) is 0 Å². The van der Waals surface area contributed by atoms with E-state index in [0.717, 1.165) is 17.9 Å². The van der Waals surface area contributed by atoms with Crippen LogP contribution in [-0.2, 0) is 6.42 Å². The maximum absolute atomic E-state index is 6.04. The molecule has 4 rings (SSSR count). The van der Waals surface area contributed by atoms with Crippen molar-refractivity contribution in [2.24, 2.45) is 0 Å². The first-order valence-corrected chi connectivity index (χ1v) is 6.60. The van der Waals surface area contributed by atoms with E-state index in [4.69, 9.17) is 4.74 Å². The lowest BCUT2D eigenvalue weighted by Crippen LogP contribution is -2.03. The van der Waals surface area contributed by atoms with Gasteiger partial charge >= 0.3 is 0 Å². The Bertz CT molecular complexity index is 787. The summed E-state index contributed by atoms with van der Waals surface area (Å²) in [6, 6.07) is 19.0. The van der Waals surface area contributed by atoms with Gasteiger partial charge in [0, 0.05) is 12.0 Å². The van der Waals surface area contributed by atoms with Gasteiger partial charge in [-0.3, -0.25) is 0 Å². The number of hydrogen-bond acceptors (Lipinski definition) is 1. The lowest BCUT2D eigenvalue weighted by atomic mass is 9.93. The molecule has 19 heavy (non-hydrogen) atoms. The largest absolute Gasteiger partial charge is 0.457 e. The first-order chi connectivity index (χ1) is 9.33. The Balaban J connectivity index is 2.01. The van der Waals surface area contributed by atoms with Crippen molar-refractivity contribution in [2.75, 3.05) is 0 Å². The zero-order valence-corrected chi connectivity index (χ0v) is 10.8. The van der Waals surface area contributed by atoms with E-state index in [1.807, 2.05) is 12.1 Å². The summed E-state index contributed by atoms with van der Waals surface area (Å²) in [6.45, 7) is 2.17. The molecule has 3 aromatic carbocycles. The molecule has 0 unspecified atom stereocenters. The van der Waals surface area contributed by atoms with Crippen molar-refractivity contribution in [2.45, 2.75) is 13.3 Å². The molecule has 0 spiro atoms. The van der Waals surface area contributed by atoms with Crippen LogP contribution in [0, 0.1) is 6.92 Å². The topological polar surface area (TPSA) is 9.23 Å². The SMILES string of the molecule is Cc1cccc2ccc3c(c12)Cc1ccccc1O3. The van der Waals surface area contributed by atoms with Gasteiger partial charge in [-0.25, -0.2) is 0 Å². The lowest BCUT2D eigenvalue weighted by molar-refractivity contribution is 0.461. The average molecular weight is 246 g/mol. The molecule has 0 N–H and O–H groups in total. The number of hydrogen-bond donors (Lipinski definition) is 0. The van der Waals surface area contributed by atoms with Crippen molar-refractivity contribution in [1.82, 2.24) is 0 Å². The van der Waals surface area contributed by atoms with Gasteiger partial charge in [-0.1, -0.05) is 42.5 Å². The van der Waals surface area contributed by atoms with Crippen LogP contribution in [0.15, 0.2) is 54.6 Å². The first kappa shape index (κ1) is 10.6. The van der Waals surface area contributed by atoms with Crippen LogP contribution in [0.4, 0.5) is 0 Å². The van der Waals surface area contributed by atoms with E-state index in [9.17, 15) is 0 Å². The number of rotatable bonds is 0. The van der Waals surface area contributed by atoms with Crippen LogP contribution in [0.2, 0.25) is 0 Å². The molecule has 0 bridgehead atoms. The molecule has 1 heterocycles. The van der Waals surface area contributed by atoms with Gasteiger partial charge in [0.1, 0.15) is 11.5 Å². The number of ether oxygens (including phenoxy) is 1. The highest BCUT2D eigenvalue weighted by molar-refractivity contribution is 5.91. The molecule has 0 amide bonds. The number of para-hydroxylation sites is 1. The van der Waals surface area contributed by atoms with Gasteiger partial charge in [0.05, 0.1) is 0 Å². The van der Waals surface area contributed by atoms with E-state index in [1.165, 1.54) is 27.5 Å². The minimum Gasteiger partial charge on any atom is -0.457 e. The van der Waals surface area contributed by atoms with Gasteiger partial charge in [0.25, 0.3) is 0 Å². The van der Waals surface area contributed by atoms with Gasteiger partial charge in [-0.05, 0) is 41.0 Å². The Morgan fingerprint density at radius 1 is 0.842 bits per heavy atom. The van der Waals surface area contributed by atoms with Crippen molar-refractivity contribution in [3.63, 3.8) is 0 Å². The monoisotopic (exact) mass is 246 g/mol. The first-order valence-electron chi connectivity index (χ1n) is 6.60. The Morgan fingerprint density at radius 2 is 1.74 bits per heavy atom. The number of aryl methyl sites for hydroxylation is 1. The van der Waals surface area contributed by atoms with Gasteiger partial charge in [0.15, 0.2) is 0 Å². The molecule has 0 saturated heterocycles. The van der Waals surface area contributed by atoms with Gasteiger partial charge < -0.3 is 4.74 Å². The Kier molecular flexibility index (Phi) is 2.16. The molecule has 0 atom stereocenters. The van der Waals surface area contributed by atoms with Gasteiger partial charge in [0.2, 0.25) is 0 Å². The van der Waals surface area contributed by atoms with Crippen LogP contribution >= 0.6 is 0 Å². The summed E-state index contributed by atoms with van der Waals surface area (Å²) >= 11 is 0. The summed E-state index contributed by atoms with van der Waals surface area (Å²) in [7, 11) is 0. The van der Waals surface area contributed by atoms with E-state index in [-0.39, 0.29) is 0 Å². The molecule has 0 aromatic heterocycles.